The average molecular weight is 667 g/mol. The van der Waals surface area contributed by atoms with Crippen molar-refractivity contribution in [2.24, 2.45) is 0 Å². The minimum atomic E-state index is -0.114. The maximum Gasteiger partial charge on any atom is 0.160 e. The third-order valence-electron chi connectivity index (χ3n) is 10.7. The zero-order valence-electron chi connectivity index (χ0n) is 29.0. The summed E-state index contributed by atoms with van der Waals surface area (Å²) < 4.78 is 6.32. The van der Waals surface area contributed by atoms with Crippen LogP contribution in [-0.4, -0.2) is 9.97 Å². The lowest BCUT2D eigenvalue weighted by molar-refractivity contribution is 0.660. The third kappa shape index (κ3) is 4.89. The van der Waals surface area contributed by atoms with Crippen LogP contribution in [0.1, 0.15) is 25.0 Å². The van der Waals surface area contributed by atoms with E-state index in [1.807, 2.05) is 30.3 Å². The van der Waals surface area contributed by atoms with Gasteiger partial charge in [0.2, 0.25) is 0 Å². The number of hydrogen-bond acceptors (Lipinski definition) is 3. The Hall–Kier alpha value is -6.58. The number of fused-ring (bicyclic) bond motifs is 6. The second-order valence-corrected chi connectivity index (χ2v) is 14.2. The molecule has 0 saturated heterocycles. The van der Waals surface area contributed by atoms with Crippen molar-refractivity contribution in [3.8, 4) is 67.3 Å². The van der Waals surface area contributed by atoms with Gasteiger partial charge in [-0.15, -0.1) is 0 Å². The number of nitrogens with zero attached hydrogens (tertiary/aromatic N) is 2. The van der Waals surface area contributed by atoms with E-state index in [-0.39, 0.29) is 5.41 Å². The van der Waals surface area contributed by atoms with Crippen molar-refractivity contribution in [2.75, 3.05) is 0 Å². The molecule has 246 valence electrons. The van der Waals surface area contributed by atoms with Crippen LogP contribution in [0.25, 0.3) is 89.2 Å². The minimum Gasteiger partial charge on any atom is -0.456 e. The lowest BCUT2D eigenvalue weighted by Crippen LogP contribution is -2.14. The molecule has 0 N–H and O–H groups in total. The molecular weight excluding hydrogens is 633 g/mol. The lowest BCUT2D eigenvalue weighted by Gasteiger charge is -2.22. The fourth-order valence-electron chi connectivity index (χ4n) is 8.07. The van der Waals surface area contributed by atoms with Crippen molar-refractivity contribution >= 4 is 21.9 Å². The van der Waals surface area contributed by atoms with E-state index in [1.54, 1.807) is 0 Å². The van der Waals surface area contributed by atoms with Crippen molar-refractivity contribution in [1.29, 1.82) is 0 Å². The summed E-state index contributed by atoms with van der Waals surface area (Å²) in [6.07, 6.45) is 0. The molecule has 10 rings (SSSR count). The highest BCUT2D eigenvalue weighted by Crippen LogP contribution is 2.49. The second-order valence-electron chi connectivity index (χ2n) is 14.2. The van der Waals surface area contributed by atoms with E-state index in [0.717, 1.165) is 72.3 Å². The van der Waals surface area contributed by atoms with Crippen molar-refractivity contribution in [1.82, 2.24) is 9.97 Å². The van der Waals surface area contributed by atoms with Crippen molar-refractivity contribution in [2.45, 2.75) is 19.3 Å². The maximum atomic E-state index is 6.32. The largest absolute Gasteiger partial charge is 0.456 e. The van der Waals surface area contributed by atoms with E-state index < -0.39 is 0 Å². The number of aromatic nitrogens is 2. The summed E-state index contributed by atoms with van der Waals surface area (Å²) in [6.45, 7) is 4.64. The molecule has 0 bridgehead atoms. The molecule has 3 nitrogen and oxygen atoms in total. The molecule has 1 aliphatic rings. The highest BCUT2D eigenvalue weighted by atomic mass is 16.3. The summed E-state index contributed by atoms with van der Waals surface area (Å²) in [5.74, 6) is 0.700. The van der Waals surface area contributed by atoms with Gasteiger partial charge in [0, 0.05) is 32.9 Å². The molecule has 2 aromatic heterocycles. The van der Waals surface area contributed by atoms with Gasteiger partial charge in [-0.05, 0) is 87.0 Å². The topological polar surface area (TPSA) is 38.9 Å². The Kier molecular flexibility index (Phi) is 6.84. The van der Waals surface area contributed by atoms with Gasteiger partial charge in [0.05, 0.1) is 11.4 Å². The first-order valence-electron chi connectivity index (χ1n) is 17.8. The molecule has 0 saturated carbocycles. The van der Waals surface area contributed by atoms with E-state index in [1.165, 1.54) is 22.3 Å². The van der Waals surface area contributed by atoms with Crippen molar-refractivity contribution in [3.05, 3.63) is 181 Å². The number of furan rings is 1. The second kappa shape index (κ2) is 11.8. The lowest BCUT2D eigenvalue weighted by atomic mass is 9.82. The Balaban J connectivity index is 1.20. The number of para-hydroxylation sites is 1. The summed E-state index contributed by atoms with van der Waals surface area (Å²) in [6, 6.07) is 60.1. The van der Waals surface area contributed by atoms with Gasteiger partial charge >= 0.3 is 0 Å². The quantitative estimate of drug-likeness (QED) is 0.183. The summed E-state index contributed by atoms with van der Waals surface area (Å²) in [5.41, 5.74) is 16.3. The zero-order valence-corrected chi connectivity index (χ0v) is 29.0. The van der Waals surface area contributed by atoms with Crippen LogP contribution in [0.15, 0.2) is 174 Å². The van der Waals surface area contributed by atoms with E-state index in [9.17, 15) is 0 Å². The van der Waals surface area contributed by atoms with E-state index in [0.29, 0.717) is 5.82 Å². The molecule has 7 aromatic carbocycles. The van der Waals surface area contributed by atoms with Crippen molar-refractivity contribution < 1.29 is 4.42 Å². The minimum absolute atomic E-state index is 0.114. The molecule has 0 radical (unpaired) electrons. The molecule has 9 aromatic rings. The van der Waals surface area contributed by atoms with Gasteiger partial charge in [0.15, 0.2) is 5.82 Å². The van der Waals surface area contributed by atoms with Gasteiger partial charge in [-0.3, -0.25) is 0 Å². The maximum absolute atomic E-state index is 6.32. The normalized spacial score (nSPS) is 13.0. The molecular formula is C49H34N2O. The SMILES string of the molecule is CC1(C)c2ccccc2-c2ccc(-c3cc(-c4cc(-c5ccccc5)cc(-c5cccc6oc7ccccc7c56)c4)nc(-c4ccccc4)n3)cc21. The summed E-state index contributed by atoms with van der Waals surface area (Å²) in [5, 5.41) is 2.22. The van der Waals surface area contributed by atoms with Gasteiger partial charge in [-0.2, -0.15) is 0 Å². The van der Waals surface area contributed by atoms with E-state index in [4.69, 9.17) is 14.4 Å². The van der Waals surface area contributed by atoms with Crippen LogP contribution in [0.5, 0.6) is 0 Å². The van der Waals surface area contributed by atoms with Crippen LogP contribution >= 0.6 is 0 Å². The summed E-state index contributed by atoms with van der Waals surface area (Å²) in [4.78, 5) is 10.5. The van der Waals surface area contributed by atoms with Crippen LogP contribution in [-0.2, 0) is 5.41 Å². The Labute approximate surface area is 302 Å². The first-order valence-corrected chi connectivity index (χ1v) is 17.8. The molecule has 0 atom stereocenters. The summed E-state index contributed by atoms with van der Waals surface area (Å²) in [7, 11) is 0. The predicted octanol–water partition coefficient (Wildman–Crippen LogP) is 13.0. The Morgan fingerprint density at radius 1 is 0.404 bits per heavy atom. The smallest absolute Gasteiger partial charge is 0.160 e. The fraction of sp³-hybridized carbons (Fsp3) is 0.0612. The Morgan fingerprint density at radius 3 is 1.85 bits per heavy atom. The van der Waals surface area contributed by atoms with Crippen LogP contribution in [0.2, 0.25) is 0 Å². The highest BCUT2D eigenvalue weighted by molar-refractivity contribution is 6.12. The molecule has 3 heteroatoms. The molecule has 1 aliphatic carbocycles. The molecule has 0 aliphatic heterocycles. The molecule has 0 fully saturated rings. The number of hydrogen-bond donors (Lipinski definition) is 0. The van der Waals surface area contributed by atoms with E-state index in [2.05, 4.69) is 153 Å². The first kappa shape index (κ1) is 30.3. The number of benzene rings is 7. The monoisotopic (exact) mass is 666 g/mol. The third-order valence-corrected chi connectivity index (χ3v) is 10.7. The van der Waals surface area contributed by atoms with Gasteiger partial charge in [-0.1, -0.05) is 141 Å². The number of rotatable bonds is 5. The molecule has 0 unspecified atom stereocenters. The van der Waals surface area contributed by atoms with Gasteiger partial charge in [0.25, 0.3) is 0 Å². The van der Waals surface area contributed by atoms with Crippen molar-refractivity contribution in [3.63, 3.8) is 0 Å². The standard InChI is InChI=1S/C49H34N2O/c1-49(2)41-21-11-9-18-38(41)39-25-24-33(29-42(39)49)43-30-44(51-48(50-43)32-16-7-4-8-17-32)36-27-34(31-14-5-3-6-15-31)26-35(28-36)37-20-13-23-46-47(37)40-19-10-12-22-45(40)52-46/h3-30H,1-2H3. The Bertz CT molecular complexity index is 2810. The average Bonchev–Trinajstić information content (AvgIpc) is 3.70. The molecule has 0 amide bonds. The van der Waals surface area contributed by atoms with Gasteiger partial charge < -0.3 is 4.42 Å². The van der Waals surface area contributed by atoms with Gasteiger partial charge in [-0.25, -0.2) is 9.97 Å². The Morgan fingerprint density at radius 2 is 1.02 bits per heavy atom. The molecule has 2 heterocycles. The molecule has 52 heavy (non-hydrogen) atoms. The zero-order chi connectivity index (χ0) is 34.8. The highest BCUT2D eigenvalue weighted by Gasteiger charge is 2.35. The van der Waals surface area contributed by atoms with Gasteiger partial charge in [0.1, 0.15) is 11.2 Å². The fourth-order valence-corrected chi connectivity index (χ4v) is 8.07. The summed E-state index contributed by atoms with van der Waals surface area (Å²) >= 11 is 0. The van der Waals surface area contributed by atoms with Crippen LogP contribution in [0.4, 0.5) is 0 Å². The van der Waals surface area contributed by atoms with Crippen LogP contribution < -0.4 is 0 Å². The predicted molar refractivity (Wildman–Crippen MR) is 214 cm³/mol. The van der Waals surface area contributed by atoms with E-state index >= 15 is 0 Å². The first-order chi connectivity index (χ1) is 25.5. The van der Waals surface area contributed by atoms with Crippen LogP contribution in [0, 0.1) is 0 Å². The van der Waals surface area contributed by atoms with Crippen LogP contribution in [0.3, 0.4) is 0 Å². The molecule has 0 spiro atoms.